The molecule has 144 valence electrons. The Hall–Kier alpha value is -3.13. The minimum Gasteiger partial charge on any atom is -0.469 e. The predicted octanol–water partition coefficient (Wildman–Crippen LogP) is 3.04. The number of methoxy groups -OCH3 is 1. The number of nitrogens with zero attached hydrogens (tertiary/aromatic N) is 2. The highest BCUT2D eigenvalue weighted by Crippen LogP contribution is 2.37. The number of aryl methyl sites for hydroxylation is 2. The summed E-state index contributed by atoms with van der Waals surface area (Å²) in [4.78, 5) is 29.1. The van der Waals surface area contributed by atoms with Gasteiger partial charge in [0.25, 0.3) is 5.91 Å². The first kappa shape index (κ1) is 18.2. The minimum atomic E-state index is -0.335. The quantitative estimate of drug-likeness (QED) is 0.631. The van der Waals surface area contributed by atoms with Gasteiger partial charge >= 0.3 is 5.97 Å². The standard InChI is InChI=1S/C20H18N2O5S/c1-12-3-5-13(6-4-12)19(24)21-20-22(8-7-18(23)25-2)14-9-15-16(27-11-26-15)10-17(14)28-20/h3-6,9-10H,7-8,11H2,1-2H3. The first-order valence-corrected chi connectivity index (χ1v) is 9.52. The number of hydrogen-bond donors (Lipinski definition) is 0. The fourth-order valence-electron chi connectivity index (χ4n) is 2.91. The van der Waals surface area contributed by atoms with Crippen molar-refractivity contribution in [3.8, 4) is 11.5 Å². The first-order valence-electron chi connectivity index (χ1n) is 8.70. The SMILES string of the molecule is COC(=O)CCn1c(=NC(=O)c2ccc(C)cc2)sc2cc3c(cc21)OCO3. The molecule has 0 N–H and O–H groups in total. The zero-order valence-corrected chi connectivity index (χ0v) is 16.2. The van der Waals surface area contributed by atoms with Crippen LogP contribution in [-0.2, 0) is 16.1 Å². The van der Waals surface area contributed by atoms with Gasteiger partial charge in [0.2, 0.25) is 6.79 Å². The Labute approximate surface area is 164 Å². The van der Waals surface area contributed by atoms with Gasteiger partial charge in [-0.3, -0.25) is 9.59 Å². The third kappa shape index (κ3) is 3.50. The largest absolute Gasteiger partial charge is 0.469 e. The summed E-state index contributed by atoms with van der Waals surface area (Å²) in [6, 6.07) is 11.0. The van der Waals surface area contributed by atoms with Gasteiger partial charge in [0, 0.05) is 24.2 Å². The molecule has 3 aromatic rings. The number of ether oxygens (including phenoxy) is 3. The van der Waals surface area contributed by atoms with Crippen LogP contribution < -0.4 is 14.3 Å². The smallest absolute Gasteiger partial charge is 0.307 e. The fraction of sp³-hybridized carbons (Fsp3) is 0.250. The molecule has 0 saturated carbocycles. The second-order valence-electron chi connectivity index (χ2n) is 6.32. The third-order valence-corrected chi connectivity index (χ3v) is 5.48. The highest BCUT2D eigenvalue weighted by molar-refractivity contribution is 7.16. The van der Waals surface area contributed by atoms with Gasteiger partial charge in [0.1, 0.15) is 0 Å². The average molecular weight is 398 g/mol. The molecule has 1 aromatic heterocycles. The summed E-state index contributed by atoms with van der Waals surface area (Å²) >= 11 is 1.36. The lowest BCUT2D eigenvalue weighted by Gasteiger charge is -2.05. The lowest BCUT2D eigenvalue weighted by Crippen LogP contribution is -2.19. The van der Waals surface area contributed by atoms with Crippen molar-refractivity contribution in [1.29, 1.82) is 0 Å². The maximum atomic E-state index is 12.6. The van der Waals surface area contributed by atoms with Crippen LogP contribution in [0.4, 0.5) is 0 Å². The van der Waals surface area contributed by atoms with Crippen molar-refractivity contribution in [2.45, 2.75) is 19.9 Å². The molecular weight excluding hydrogens is 380 g/mol. The molecule has 1 amide bonds. The highest BCUT2D eigenvalue weighted by Gasteiger charge is 2.18. The Kier molecular flexibility index (Phi) is 4.87. The molecule has 4 rings (SSSR count). The number of thiazole rings is 1. The van der Waals surface area contributed by atoms with E-state index in [2.05, 4.69) is 4.99 Å². The Balaban J connectivity index is 1.80. The van der Waals surface area contributed by atoms with E-state index in [4.69, 9.17) is 14.2 Å². The second kappa shape index (κ2) is 7.47. The topological polar surface area (TPSA) is 79.1 Å². The molecule has 28 heavy (non-hydrogen) atoms. The predicted molar refractivity (Wildman–Crippen MR) is 104 cm³/mol. The lowest BCUT2D eigenvalue weighted by molar-refractivity contribution is -0.140. The van der Waals surface area contributed by atoms with Crippen LogP contribution in [0.3, 0.4) is 0 Å². The maximum absolute atomic E-state index is 12.6. The summed E-state index contributed by atoms with van der Waals surface area (Å²) in [5, 5.41) is 0. The molecule has 1 aliphatic heterocycles. The number of esters is 1. The van der Waals surface area contributed by atoms with Crippen LogP contribution in [0.5, 0.6) is 11.5 Å². The molecule has 0 radical (unpaired) electrons. The van der Waals surface area contributed by atoms with Crippen LogP contribution in [0.2, 0.25) is 0 Å². The van der Waals surface area contributed by atoms with Gasteiger partial charge in [-0.25, -0.2) is 0 Å². The number of fused-ring (bicyclic) bond motifs is 2. The van der Waals surface area contributed by atoms with E-state index in [1.54, 1.807) is 12.1 Å². The Morgan fingerprint density at radius 3 is 2.61 bits per heavy atom. The van der Waals surface area contributed by atoms with Gasteiger partial charge in [-0.05, 0) is 19.1 Å². The van der Waals surface area contributed by atoms with E-state index >= 15 is 0 Å². The number of rotatable bonds is 4. The fourth-order valence-corrected chi connectivity index (χ4v) is 3.98. The summed E-state index contributed by atoms with van der Waals surface area (Å²) in [6.45, 7) is 2.48. The molecule has 1 aliphatic rings. The Morgan fingerprint density at radius 2 is 1.89 bits per heavy atom. The molecule has 0 saturated heterocycles. The van der Waals surface area contributed by atoms with Crippen molar-refractivity contribution in [3.63, 3.8) is 0 Å². The zero-order valence-electron chi connectivity index (χ0n) is 15.4. The van der Waals surface area contributed by atoms with Crippen molar-refractivity contribution in [1.82, 2.24) is 4.57 Å². The van der Waals surface area contributed by atoms with Crippen LogP contribution in [0.15, 0.2) is 41.4 Å². The van der Waals surface area contributed by atoms with Gasteiger partial charge in [0.05, 0.1) is 23.7 Å². The zero-order chi connectivity index (χ0) is 19.7. The van der Waals surface area contributed by atoms with Gasteiger partial charge < -0.3 is 18.8 Å². The van der Waals surface area contributed by atoms with E-state index in [9.17, 15) is 9.59 Å². The van der Waals surface area contributed by atoms with Crippen LogP contribution in [0.25, 0.3) is 10.2 Å². The molecule has 2 aromatic carbocycles. The molecule has 0 spiro atoms. The highest BCUT2D eigenvalue weighted by atomic mass is 32.1. The molecular formula is C20H18N2O5S. The number of hydrogen-bond acceptors (Lipinski definition) is 6. The Bertz CT molecular complexity index is 1130. The third-order valence-electron chi connectivity index (χ3n) is 4.44. The van der Waals surface area contributed by atoms with E-state index < -0.39 is 0 Å². The molecule has 0 unspecified atom stereocenters. The van der Waals surface area contributed by atoms with Gasteiger partial charge in [-0.1, -0.05) is 29.0 Å². The molecule has 0 atom stereocenters. The van der Waals surface area contributed by atoms with Crippen molar-refractivity contribution in [2.75, 3.05) is 13.9 Å². The van der Waals surface area contributed by atoms with Gasteiger partial charge in [-0.15, -0.1) is 0 Å². The van der Waals surface area contributed by atoms with E-state index in [0.717, 1.165) is 15.8 Å². The van der Waals surface area contributed by atoms with Crippen LogP contribution >= 0.6 is 11.3 Å². The van der Waals surface area contributed by atoms with E-state index in [0.29, 0.717) is 28.4 Å². The normalized spacial score (nSPS) is 13.1. The number of aromatic nitrogens is 1. The maximum Gasteiger partial charge on any atom is 0.307 e. The van der Waals surface area contributed by atoms with Crippen LogP contribution in [-0.4, -0.2) is 30.3 Å². The lowest BCUT2D eigenvalue weighted by atomic mass is 10.1. The Morgan fingerprint density at radius 1 is 1.18 bits per heavy atom. The molecule has 0 bridgehead atoms. The summed E-state index contributed by atoms with van der Waals surface area (Å²) in [5.74, 6) is 0.626. The van der Waals surface area contributed by atoms with E-state index in [-0.39, 0.29) is 25.1 Å². The molecule has 8 heteroatoms. The van der Waals surface area contributed by atoms with E-state index in [1.807, 2.05) is 35.8 Å². The van der Waals surface area contributed by atoms with Crippen molar-refractivity contribution < 1.29 is 23.8 Å². The number of amides is 1. The van der Waals surface area contributed by atoms with Gasteiger partial charge in [0.15, 0.2) is 16.3 Å². The van der Waals surface area contributed by atoms with Crippen LogP contribution in [0, 0.1) is 6.92 Å². The summed E-state index contributed by atoms with van der Waals surface area (Å²) < 4.78 is 18.4. The molecule has 0 fully saturated rings. The number of carbonyl (C=O) groups is 2. The monoisotopic (exact) mass is 398 g/mol. The molecule has 7 nitrogen and oxygen atoms in total. The van der Waals surface area contributed by atoms with Crippen molar-refractivity contribution in [2.24, 2.45) is 4.99 Å². The van der Waals surface area contributed by atoms with Gasteiger partial charge in [-0.2, -0.15) is 4.99 Å². The summed E-state index contributed by atoms with van der Waals surface area (Å²) in [6.07, 6.45) is 0.169. The van der Waals surface area contributed by atoms with Crippen molar-refractivity contribution in [3.05, 3.63) is 52.3 Å². The molecule has 0 aliphatic carbocycles. The first-order chi connectivity index (χ1) is 13.5. The van der Waals surface area contributed by atoms with Crippen LogP contribution in [0.1, 0.15) is 22.3 Å². The number of carbonyl (C=O) groups excluding carboxylic acids is 2. The van der Waals surface area contributed by atoms with E-state index in [1.165, 1.54) is 18.4 Å². The average Bonchev–Trinajstić information content (AvgIpc) is 3.28. The second-order valence-corrected chi connectivity index (χ2v) is 7.33. The summed E-state index contributed by atoms with van der Waals surface area (Å²) in [5.41, 5.74) is 2.41. The minimum absolute atomic E-state index is 0.169. The number of benzene rings is 2. The summed E-state index contributed by atoms with van der Waals surface area (Å²) in [7, 11) is 1.35. The molecule has 2 heterocycles. The van der Waals surface area contributed by atoms with Crippen molar-refractivity contribution >= 4 is 33.4 Å².